The lowest BCUT2D eigenvalue weighted by molar-refractivity contribution is -0.145. The summed E-state index contributed by atoms with van der Waals surface area (Å²) >= 11 is 0. The maximum absolute atomic E-state index is 12.9. The van der Waals surface area contributed by atoms with E-state index >= 15 is 0 Å². The zero-order valence-electron chi connectivity index (χ0n) is 19.2. The van der Waals surface area contributed by atoms with Crippen LogP contribution in [0.25, 0.3) is 0 Å². The number of anilines is 1. The number of fused-ring (bicyclic) bond motifs is 2. The molecule has 5 rings (SSSR count). The Morgan fingerprint density at radius 2 is 2.03 bits per heavy atom. The summed E-state index contributed by atoms with van der Waals surface area (Å²) in [6.07, 6.45) is 5.96. The molecule has 1 aromatic carbocycles. The number of rotatable bonds is 4. The summed E-state index contributed by atoms with van der Waals surface area (Å²) in [6.45, 7) is 9.49. The Kier molecular flexibility index (Phi) is 5.49. The number of ether oxygens (including phenoxy) is 2. The highest BCUT2D eigenvalue weighted by Gasteiger charge is 2.53. The molecule has 0 amide bonds. The molecule has 3 fully saturated rings. The lowest BCUT2D eigenvalue weighted by atomic mass is 9.59. The van der Waals surface area contributed by atoms with Crippen LogP contribution < -0.4 is 9.64 Å². The average Bonchev–Trinajstić information content (AvgIpc) is 3.06. The Labute approximate surface area is 186 Å². The van der Waals surface area contributed by atoms with Crippen molar-refractivity contribution in [2.75, 3.05) is 44.7 Å². The molecule has 4 aliphatic rings. The molecule has 31 heavy (non-hydrogen) atoms. The first kappa shape index (κ1) is 20.9. The maximum atomic E-state index is 12.9. The van der Waals surface area contributed by atoms with Gasteiger partial charge < -0.3 is 14.4 Å². The van der Waals surface area contributed by atoms with Crippen LogP contribution in [0.3, 0.4) is 0 Å². The van der Waals surface area contributed by atoms with Crippen molar-refractivity contribution in [1.82, 2.24) is 4.90 Å². The number of allylic oxidation sites excluding steroid dienone is 2. The first-order chi connectivity index (χ1) is 15.0. The molecule has 2 aliphatic carbocycles. The van der Waals surface area contributed by atoms with Crippen molar-refractivity contribution in [3.05, 3.63) is 35.4 Å². The Balaban J connectivity index is 1.23. The van der Waals surface area contributed by atoms with E-state index in [1.807, 2.05) is 12.1 Å². The number of hydrogen-bond donors (Lipinski definition) is 0. The molecule has 0 spiro atoms. The predicted molar refractivity (Wildman–Crippen MR) is 122 cm³/mol. The quantitative estimate of drug-likeness (QED) is 0.533. The summed E-state index contributed by atoms with van der Waals surface area (Å²) in [5, 5.41) is 0. The topological polar surface area (TPSA) is 42.0 Å². The molecule has 0 bridgehead atoms. The molecule has 4 atom stereocenters. The summed E-state index contributed by atoms with van der Waals surface area (Å²) in [6, 6.07) is 8.29. The molecule has 2 saturated heterocycles. The molecule has 2 heterocycles. The lowest BCUT2D eigenvalue weighted by Gasteiger charge is -2.46. The van der Waals surface area contributed by atoms with Gasteiger partial charge in [0.15, 0.2) is 0 Å². The highest BCUT2D eigenvalue weighted by atomic mass is 16.6. The van der Waals surface area contributed by atoms with Crippen LogP contribution in [0.15, 0.2) is 35.4 Å². The van der Waals surface area contributed by atoms with Gasteiger partial charge in [-0.05, 0) is 56.6 Å². The molecule has 5 nitrogen and oxygen atoms in total. The minimum absolute atomic E-state index is 0.0279. The van der Waals surface area contributed by atoms with Gasteiger partial charge in [-0.15, -0.1) is 0 Å². The second-order valence-corrected chi connectivity index (χ2v) is 10.3. The predicted octanol–water partition coefficient (Wildman–Crippen LogP) is 4.28. The standard InChI is InChI=1S/C26H36N2O3/c1-18-6-5-9-26(2)16-24-21(15-23(18)26)22(25(29)31-24)17-27-10-12-28(13-11-27)19-7-4-8-20(14-19)30-3/h4,7-8,14,21-22,24H,5-6,9-13,15-17H2,1-3H3/t21-,22-,24-,26-/m1/s1. The Bertz CT molecular complexity index is 873. The molecule has 0 N–H and O–H groups in total. The third-order valence-electron chi connectivity index (χ3n) is 8.43. The van der Waals surface area contributed by atoms with Gasteiger partial charge in [0.1, 0.15) is 11.9 Å². The van der Waals surface area contributed by atoms with Crippen LogP contribution in [0.4, 0.5) is 5.69 Å². The van der Waals surface area contributed by atoms with E-state index in [0.717, 1.165) is 51.3 Å². The molecule has 0 aromatic heterocycles. The highest BCUT2D eigenvalue weighted by Crippen LogP contribution is 2.55. The van der Waals surface area contributed by atoms with E-state index in [4.69, 9.17) is 9.47 Å². The summed E-state index contributed by atoms with van der Waals surface area (Å²) in [5.41, 5.74) is 4.69. The SMILES string of the molecule is COc1cccc(N2CCN(C[C@H]3C(=O)O[C@@H]4C[C@@]5(C)CCCC(C)=C5C[C@@H]43)CC2)c1. The minimum atomic E-state index is 0.0279. The average molecular weight is 425 g/mol. The second-order valence-electron chi connectivity index (χ2n) is 10.3. The number of piperazine rings is 1. The Hall–Kier alpha value is -2.01. The zero-order valence-corrected chi connectivity index (χ0v) is 19.2. The zero-order chi connectivity index (χ0) is 21.6. The molecule has 0 radical (unpaired) electrons. The van der Waals surface area contributed by atoms with Crippen molar-refractivity contribution in [2.45, 2.75) is 52.1 Å². The second kappa shape index (κ2) is 8.16. The molecular weight excluding hydrogens is 388 g/mol. The molecule has 1 saturated carbocycles. The molecular formula is C26H36N2O3. The Morgan fingerprint density at radius 3 is 2.81 bits per heavy atom. The van der Waals surface area contributed by atoms with E-state index < -0.39 is 0 Å². The number of nitrogens with zero attached hydrogens (tertiary/aromatic N) is 2. The molecule has 168 valence electrons. The maximum Gasteiger partial charge on any atom is 0.310 e. The van der Waals surface area contributed by atoms with Gasteiger partial charge in [-0.3, -0.25) is 9.69 Å². The fourth-order valence-electron chi connectivity index (χ4n) is 6.59. The van der Waals surface area contributed by atoms with Crippen molar-refractivity contribution in [3.63, 3.8) is 0 Å². The summed E-state index contributed by atoms with van der Waals surface area (Å²) in [7, 11) is 1.71. The number of carbonyl (C=O) groups is 1. The summed E-state index contributed by atoms with van der Waals surface area (Å²) in [4.78, 5) is 17.8. The number of hydrogen-bond acceptors (Lipinski definition) is 5. The van der Waals surface area contributed by atoms with E-state index in [-0.39, 0.29) is 23.4 Å². The van der Waals surface area contributed by atoms with Crippen LogP contribution in [0.5, 0.6) is 5.75 Å². The van der Waals surface area contributed by atoms with E-state index in [1.165, 1.54) is 24.9 Å². The third-order valence-corrected chi connectivity index (χ3v) is 8.43. The van der Waals surface area contributed by atoms with Gasteiger partial charge >= 0.3 is 5.97 Å². The number of benzene rings is 1. The summed E-state index contributed by atoms with van der Waals surface area (Å²) in [5.74, 6) is 1.34. The number of carbonyl (C=O) groups excluding carboxylic acids is 1. The first-order valence-corrected chi connectivity index (χ1v) is 12.0. The highest BCUT2D eigenvalue weighted by molar-refractivity contribution is 5.76. The third kappa shape index (κ3) is 3.86. The van der Waals surface area contributed by atoms with Gasteiger partial charge in [-0.2, -0.15) is 0 Å². The van der Waals surface area contributed by atoms with Gasteiger partial charge in [0.05, 0.1) is 13.0 Å². The van der Waals surface area contributed by atoms with E-state index in [1.54, 1.807) is 18.3 Å². The fraction of sp³-hybridized carbons (Fsp3) is 0.654. The van der Waals surface area contributed by atoms with E-state index in [0.29, 0.717) is 5.92 Å². The number of esters is 1. The van der Waals surface area contributed by atoms with Gasteiger partial charge in [0.2, 0.25) is 0 Å². The largest absolute Gasteiger partial charge is 0.497 e. The van der Waals surface area contributed by atoms with Gasteiger partial charge in [-0.1, -0.05) is 24.1 Å². The van der Waals surface area contributed by atoms with Crippen LogP contribution in [-0.4, -0.2) is 56.8 Å². The van der Waals surface area contributed by atoms with E-state index in [9.17, 15) is 4.79 Å². The van der Waals surface area contributed by atoms with Crippen molar-refractivity contribution in [3.8, 4) is 5.75 Å². The van der Waals surface area contributed by atoms with Crippen LogP contribution in [0.2, 0.25) is 0 Å². The van der Waals surface area contributed by atoms with Gasteiger partial charge in [0.25, 0.3) is 0 Å². The van der Waals surface area contributed by atoms with Crippen LogP contribution >= 0.6 is 0 Å². The van der Waals surface area contributed by atoms with Gasteiger partial charge in [0, 0.05) is 50.4 Å². The van der Waals surface area contributed by atoms with Crippen molar-refractivity contribution in [1.29, 1.82) is 0 Å². The monoisotopic (exact) mass is 424 g/mol. The molecule has 0 unspecified atom stereocenters. The van der Waals surface area contributed by atoms with Crippen molar-refractivity contribution in [2.24, 2.45) is 17.3 Å². The minimum Gasteiger partial charge on any atom is -0.497 e. The fourth-order valence-corrected chi connectivity index (χ4v) is 6.59. The van der Waals surface area contributed by atoms with Crippen LogP contribution in [0.1, 0.15) is 46.0 Å². The van der Waals surface area contributed by atoms with E-state index in [2.05, 4.69) is 35.8 Å². The normalized spacial score (nSPS) is 33.7. The summed E-state index contributed by atoms with van der Waals surface area (Å²) < 4.78 is 11.4. The Morgan fingerprint density at radius 1 is 1.23 bits per heavy atom. The number of methoxy groups -OCH3 is 1. The van der Waals surface area contributed by atoms with Crippen LogP contribution in [-0.2, 0) is 9.53 Å². The van der Waals surface area contributed by atoms with Crippen molar-refractivity contribution < 1.29 is 14.3 Å². The lowest BCUT2D eigenvalue weighted by Crippen LogP contribution is -2.49. The molecule has 2 aliphatic heterocycles. The molecule has 1 aromatic rings. The van der Waals surface area contributed by atoms with Gasteiger partial charge in [-0.25, -0.2) is 0 Å². The van der Waals surface area contributed by atoms with Crippen molar-refractivity contribution >= 4 is 11.7 Å². The van der Waals surface area contributed by atoms with Crippen LogP contribution in [0, 0.1) is 17.3 Å². The smallest absolute Gasteiger partial charge is 0.310 e. The first-order valence-electron chi connectivity index (χ1n) is 12.0. The molecule has 5 heteroatoms.